The van der Waals surface area contributed by atoms with Crippen LogP contribution in [0.4, 0.5) is 5.69 Å². The summed E-state index contributed by atoms with van der Waals surface area (Å²) in [5, 5.41) is 2.67. The standard InChI is InChI=1S/C27H31N3O7S2/c1-36-24-9-7-8-22(20-24)30(39(34,35)25-10-3-2-4-11-25)21-27(31)28-16-19-37-23-12-14-26(15-13-23)38(32,33)29-17-5-6-18-29/h2-4,7-15,20H,5-6,16-19,21H2,1H3,(H,28,31). The van der Waals surface area contributed by atoms with Crippen molar-refractivity contribution >= 4 is 31.6 Å². The molecule has 3 aromatic carbocycles. The summed E-state index contributed by atoms with van der Waals surface area (Å²) in [7, 11) is -6.07. The number of carbonyl (C=O) groups is 1. The molecule has 1 heterocycles. The smallest absolute Gasteiger partial charge is 0.264 e. The molecular weight excluding hydrogens is 542 g/mol. The summed E-state index contributed by atoms with van der Waals surface area (Å²) in [6, 6.07) is 20.5. The van der Waals surface area contributed by atoms with Crippen LogP contribution in [0.1, 0.15) is 12.8 Å². The van der Waals surface area contributed by atoms with Gasteiger partial charge in [0.15, 0.2) is 0 Å². The molecule has 0 aromatic heterocycles. The molecule has 0 unspecified atom stereocenters. The van der Waals surface area contributed by atoms with Crippen LogP contribution in [0.15, 0.2) is 88.7 Å². The zero-order chi connectivity index (χ0) is 27.9. The molecule has 0 radical (unpaired) electrons. The van der Waals surface area contributed by atoms with Crippen LogP contribution >= 0.6 is 0 Å². The van der Waals surface area contributed by atoms with Crippen molar-refractivity contribution in [3.8, 4) is 11.5 Å². The fourth-order valence-corrected chi connectivity index (χ4v) is 7.08. The third-order valence-corrected chi connectivity index (χ3v) is 9.88. The lowest BCUT2D eigenvalue weighted by molar-refractivity contribution is -0.119. The highest BCUT2D eigenvalue weighted by Crippen LogP contribution is 2.27. The van der Waals surface area contributed by atoms with E-state index < -0.39 is 32.5 Å². The third-order valence-electron chi connectivity index (χ3n) is 6.18. The van der Waals surface area contributed by atoms with E-state index in [1.54, 1.807) is 54.6 Å². The molecule has 1 N–H and O–H groups in total. The number of ether oxygens (including phenoxy) is 2. The zero-order valence-electron chi connectivity index (χ0n) is 21.5. The molecule has 3 aromatic rings. The number of rotatable bonds is 12. The van der Waals surface area contributed by atoms with Gasteiger partial charge in [-0.1, -0.05) is 24.3 Å². The molecule has 208 valence electrons. The van der Waals surface area contributed by atoms with E-state index in [1.807, 2.05) is 0 Å². The number of nitrogens with zero attached hydrogens (tertiary/aromatic N) is 2. The van der Waals surface area contributed by atoms with Gasteiger partial charge in [0.25, 0.3) is 10.0 Å². The minimum Gasteiger partial charge on any atom is -0.497 e. The summed E-state index contributed by atoms with van der Waals surface area (Å²) >= 11 is 0. The number of anilines is 1. The molecule has 0 spiro atoms. The Morgan fingerprint density at radius 3 is 2.23 bits per heavy atom. The summed E-state index contributed by atoms with van der Waals surface area (Å²) in [6.07, 6.45) is 1.73. The number of hydrogen-bond acceptors (Lipinski definition) is 7. The predicted molar refractivity (Wildman–Crippen MR) is 147 cm³/mol. The normalized spacial score (nSPS) is 14.1. The Labute approximate surface area is 229 Å². The number of sulfonamides is 2. The van der Waals surface area contributed by atoms with E-state index in [1.165, 1.54) is 35.7 Å². The molecule has 0 saturated carbocycles. The van der Waals surface area contributed by atoms with Gasteiger partial charge in [-0.15, -0.1) is 0 Å². The molecule has 1 saturated heterocycles. The van der Waals surface area contributed by atoms with Crippen LogP contribution in [0.25, 0.3) is 0 Å². The molecular formula is C27H31N3O7S2. The van der Waals surface area contributed by atoms with Crippen molar-refractivity contribution in [1.82, 2.24) is 9.62 Å². The van der Waals surface area contributed by atoms with Crippen LogP contribution < -0.4 is 19.1 Å². The molecule has 10 nitrogen and oxygen atoms in total. The van der Waals surface area contributed by atoms with Crippen molar-refractivity contribution in [3.05, 3.63) is 78.9 Å². The second-order valence-corrected chi connectivity index (χ2v) is 12.6. The first-order valence-corrected chi connectivity index (χ1v) is 15.3. The topological polar surface area (TPSA) is 122 Å². The molecule has 12 heteroatoms. The van der Waals surface area contributed by atoms with Crippen molar-refractivity contribution in [1.29, 1.82) is 0 Å². The van der Waals surface area contributed by atoms with Crippen LogP contribution in [-0.2, 0) is 24.8 Å². The molecule has 4 rings (SSSR count). The molecule has 0 atom stereocenters. The lowest BCUT2D eigenvalue weighted by atomic mass is 10.3. The average Bonchev–Trinajstić information content (AvgIpc) is 3.51. The maximum Gasteiger partial charge on any atom is 0.264 e. The molecule has 1 amide bonds. The van der Waals surface area contributed by atoms with E-state index in [0.717, 1.165) is 17.1 Å². The highest BCUT2D eigenvalue weighted by molar-refractivity contribution is 7.92. The van der Waals surface area contributed by atoms with Gasteiger partial charge in [-0.3, -0.25) is 9.10 Å². The van der Waals surface area contributed by atoms with Gasteiger partial charge in [-0.05, 0) is 61.4 Å². The van der Waals surface area contributed by atoms with Gasteiger partial charge in [-0.2, -0.15) is 4.31 Å². The highest BCUT2D eigenvalue weighted by atomic mass is 32.2. The first-order valence-electron chi connectivity index (χ1n) is 12.4. The second kappa shape index (κ2) is 12.5. The van der Waals surface area contributed by atoms with E-state index in [9.17, 15) is 21.6 Å². The number of amides is 1. The second-order valence-electron chi connectivity index (χ2n) is 8.81. The maximum atomic E-state index is 13.4. The average molecular weight is 574 g/mol. The van der Waals surface area contributed by atoms with Crippen molar-refractivity contribution in [2.45, 2.75) is 22.6 Å². The van der Waals surface area contributed by atoms with Crippen LogP contribution in [0.2, 0.25) is 0 Å². The molecule has 39 heavy (non-hydrogen) atoms. The Kier molecular flexibility index (Phi) is 9.10. The SMILES string of the molecule is COc1cccc(N(CC(=O)NCCOc2ccc(S(=O)(=O)N3CCCC3)cc2)S(=O)(=O)c2ccccc2)c1. The van der Waals surface area contributed by atoms with Gasteiger partial charge in [0.2, 0.25) is 15.9 Å². The van der Waals surface area contributed by atoms with Crippen LogP contribution in [-0.4, -0.2) is 66.9 Å². The summed E-state index contributed by atoms with van der Waals surface area (Å²) in [5.41, 5.74) is 0.286. The highest BCUT2D eigenvalue weighted by Gasteiger charge is 2.28. The van der Waals surface area contributed by atoms with Gasteiger partial charge in [0.05, 0.1) is 29.1 Å². The molecule has 0 bridgehead atoms. The fourth-order valence-electron chi connectivity index (χ4n) is 4.13. The Bertz CT molecular complexity index is 1470. The Morgan fingerprint density at radius 1 is 0.872 bits per heavy atom. The van der Waals surface area contributed by atoms with Gasteiger partial charge in [0.1, 0.15) is 24.7 Å². The quantitative estimate of drug-likeness (QED) is 0.331. The molecule has 0 aliphatic carbocycles. The van der Waals surface area contributed by atoms with Crippen LogP contribution in [0, 0.1) is 0 Å². The van der Waals surface area contributed by atoms with Crippen molar-refractivity contribution < 1.29 is 31.1 Å². The monoisotopic (exact) mass is 573 g/mol. The summed E-state index contributed by atoms with van der Waals surface area (Å²) in [6.45, 7) is 0.830. The fraction of sp³-hybridized carbons (Fsp3) is 0.296. The van der Waals surface area contributed by atoms with E-state index in [-0.39, 0.29) is 28.6 Å². The number of methoxy groups -OCH3 is 1. The van der Waals surface area contributed by atoms with Gasteiger partial charge in [0, 0.05) is 19.2 Å². The summed E-state index contributed by atoms with van der Waals surface area (Å²) in [4.78, 5) is 13.0. The predicted octanol–water partition coefficient (Wildman–Crippen LogP) is 2.87. The minimum atomic E-state index is -4.04. The first-order chi connectivity index (χ1) is 18.7. The van der Waals surface area contributed by atoms with E-state index in [2.05, 4.69) is 5.32 Å². The van der Waals surface area contributed by atoms with Gasteiger partial charge in [-0.25, -0.2) is 16.8 Å². The molecule has 1 fully saturated rings. The van der Waals surface area contributed by atoms with E-state index >= 15 is 0 Å². The van der Waals surface area contributed by atoms with Crippen LogP contribution in [0.3, 0.4) is 0 Å². The van der Waals surface area contributed by atoms with Gasteiger partial charge < -0.3 is 14.8 Å². The van der Waals surface area contributed by atoms with Crippen molar-refractivity contribution in [2.24, 2.45) is 0 Å². The summed E-state index contributed by atoms with van der Waals surface area (Å²) < 4.78 is 65.5. The number of benzene rings is 3. The maximum absolute atomic E-state index is 13.4. The summed E-state index contributed by atoms with van der Waals surface area (Å²) in [5.74, 6) is 0.385. The van der Waals surface area contributed by atoms with Crippen molar-refractivity contribution in [2.75, 3.05) is 44.2 Å². The molecule has 1 aliphatic rings. The molecule has 1 aliphatic heterocycles. The Morgan fingerprint density at radius 2 is 1.56 bits per heavy atom. The van der Waals surface area contributed by atoms with E-state index in [0.29, 0.717) is 24.6 Å². The van der Waals surface area contributed by atoms with Gasteiger partial charge >= 0.3 is 0 Å². The Hall–Kier alpha value is -3.61. The minimum absolute atomic E-state index is 0.0548. The third kappa shape index (κ3) is 6.88. The lowest BCUT2D eigenvalue weighted by Gasteiger charge is -2.24. The number of hydrogen-bond donors (Lipinski definition) is 1. The van der Waals surface area contributed by atoms with Crippen LogP contribution in [0.5, 0.6) is 11.5 Å². The number of nitrogens with one attached hydrogen (secondary N) is 1. The van der Waals surface area contributed by atoms with E-state index in [4.69, 9.17) is 9.47 Å². The zero-order valence-corrected chi connectivity index (χ0v) is 23.2. The first kappa shape index (κ1) is 28.4. The number of carbonyl (C=O) groups excluding carboxylic acids is 1. The van der Waals surface area contributed by atoms with Crippen molar-refractivity contribution in [3.63, 3.8) is 0 Å². The largest absolute Gasteiger partial charge is 0.497 e. The Balaban J connectivity index is 1.36. The lowest BCUT2D eigenvalue weighted by Crippen LogP contribution is -2.41.